The molecule has 0 atom stereocenters. The first-order valence-electron chi connectivity index (χ1n) is 8.92. The molecule has 1 spiro atoms. The van der Waals surface area contributed by atoms with Gasteiger partial charge in [0.25, 0.3) is 0 Å². The predicted octanol–water partition coefficient (Wildman–Crippen LogP) is 4.24. The molecule has 4 nitrogen and oxygen atoms in total. The summed E-state index contributed by atoms with van der Waals surface area (Å²) in [7, 11) is 0. The molecule has 1 heterocycles. The third kappa shape index (κ3) is 3.67. The van der Waals surface area contributed by atoms with E-state index in [4.69, 9.17) is 9.47 Å². The third-order valence-electron chi connectivity index (χ3n) is 4.71. The Bertz CT molecular complexity index is 521. The van der Waals surface area contributed by atoms with Crippen LogP contribution in [0.1, 0.15) is 72.1 Å². The highest BCUT2D eigenvalue weighted by molar-refractivity contribution is 6.01. The van der Waals surface area contributed by atoms with Gasteiger partial charge in [-0.2, -0.15) is 0 Å². The Hall–Kier alpha value is -1.58. The van der Waals surface area contributed by atoms with Crippen LogP contribution in [0, 0.1) is 0 Å². The van der Waals surface area contributed by atoms with Crippen molar-refractivity contribution in [1.82, 2.24) is 0 Å². The number of carbonyl (C=O) groups is 2. The normalized spacial score (nSPS) is 21.9. The number of esters is 2. The lowest BCUT2D eigenvalue weighted by atomic mass is 9.79. The molecule has 0 aromatic carbocycles. The van der Waals surface area contributed by atoms with Crippen LogP contribution in [-0.4, -0.2) is 24.1 Å². The summed E-state index contributed by atoms with van der Waals surface area (Å²) in [6, 6.07) is 0. The van der Waals surface area contributed by atoms with E-state index in [2.05, 4.69) is 13.8 Å². The van der Waals surface area contributed by atoms with Gasteiger partial charge in [0.15, 0.2) is 0 Å². The molecule has 2 aliphatic rings. The molecule has 2 rings (SSSR count). The van der Waals surface area contributed by atoms with Crippen molar-refractivity contribution in [2.24, 2.45) is 0 Å². The van der Waals surface area contributed by atoms with Crippen molar-refractivity contribution in [2.75, 3.05) is 6.61 Å². The van der Waals surface area contributed by atoms with Gasteiger partial charge < -0.3 is 9.47 Å². The van der Waals surface area contributed by atoms with E-state index in [1.807, 2.05) is 0 Å². The van der Waals surface area contributed by atoms with Crippen LogP contribution in [0.25, 0.3) is 0 Å². The second-order valence-corrected chi connectivity index (χ2v) is 6.36. The average molecular weight is 320 g/mol. The molecular weight excluding hydrogens is 292 g/mol. The monoisotopic (exact) mass is 320 g/mol. The zero-order valence-corrected chi connectivity index (χ0v) is 14.6. The SMILES string of the molecule is CCCC1=C(CCC)C2(CCCC2)OC(=O)/C1=C\C(=O)OCC. The van der Waals surface area contributed by atoms with Gasteiger partial charge in [-0.25, -0.2) is 9.59 Å². The summed E-state index contributed by atoms with van der Waals surface area (Å²) >= 11 is 0. The number of rotatable bonds is 6. The van der Waals surface area contributed by atoms with E-state index in [1.54, 1.807) is 6.92 Å². The van der Waals surface area contributed by atoms with Gasteiger partial charge in [-0.3, -0.25) is 0 Å². The van der Waals surface area contributed by atoms with Gasteiger partial charge >= 0.3 is 11.9 Å². The van der Waals surface area contributed by atoms with Gasteiger partial charge in [0, 0.05) is 6.08 Å². The summed E-state index contributed by atoms with van der Waals surface area (Å²) in [5, 5.41) is 0. The topological polar surface area (TPSA) is 52.6 Å². The fourth-order valence-electron chi connectivity index (χ4n) is 3.82. The van der Waals surface area contributed by atoms with Gasteiger partial charge in [0.2, 0.25) is 0 Å². The first kappa shape index (κ1) is 17.8. The molecule has 4 heteroatoms. The van der Waals surface area contributed by atoms with Gasteiger partial charge in [-0.1, -0.05) is 26.7 Å². The Labute approximate surface area is 138 Å². The first-order chi connectivity index (χ1) is 11.1. The molecule has 0 unspecified atom stereocenters. The molecule has 0 amide bonds. The fraction of sp³-hybridized carbons (Fsp3) is 0.684. The third-order valence-corrected chi connectivity index (χ3v) is 4.71. The number of hydrogen-bond acceptors (Lipinski definition) is 4. The van der Waals surface area contributed by atoms with Crippen molar-refractivity contribution in [2.45, 2.75) is 77.7 Å². The van der Waals surface area contributed by atoms with E-state index < -0.39 is 11.6 Å². The van der Waals surface area contributed by atoms with Crippen molar-refractivity contribution >= 4 is 11.9 Å². The lowest BCUT2D eigenvalue weighted by Gasteiger charge is -2.38. The van der Waals surface area contributed by atoms with Crippen LogP contribution in [-0.2, 0) is 19.1 Å². The summed E-state index contributed by atoms with van der Waals surface area (Å²) in [6.45, 7) is 6.30. The molecular formula is C19H28O4. The molecule has 23 heavy (non-hydrogen) atoms. The highest BCUT2D eigenvalue weighted by Crippen LogP contribution is 2.47. The number of ether oxygens (including phenoxy) is 2. The molecule has 0 saturated heterocycles. The summed E-state index contributed by atoms with van der Waals surface area (Å²) < 4.78 is 10.9. The molecule has 1 saturated carbocycles. The van der Waals surface area contributed by atoms with E-state index >= 15 is 0 Å². The number of hydrogen-bond donors (Lipinski definition) is 0. The predicted molar refractivity (Wildman–Crippen MR) is 88.8 cm³/mol. The minimum atomic E-state index is -0.466. The van der Waals surface area contributed by atoms with Crippen LogP contribution in [0.4, 0.5) is 0 Å². The summed E-state index contributed by atoms with van der Waals surface area (Å²) in [6.07, 6.45) is 9.00. The highest BCUT2D eigenvalue weighted by atomic mass is 16.6. The van der Waals surface area contributed by atoms with E-state index in [1.165, 1.54) is 11.6 Å². The molecule has 1 aliphatic carbocycles. The van der Waals surface area contributed by atoms with E-state index in [0.29, 0.717) is 12.2 Å². The maximum atomic E-state index is 12.6. The molecule has 1 fully saturated rings. The Morgan fingerprint density at radius 3 is 2.39 bits per heavy atom. The van der Waals surface area contributed by atoms with E-state index in [9.17, 15) is 9.59 Å². The molecule has 0 aromatic rings. The first-order valence-corrected chi connectivity index (χ1v) is 8.92. The summed E-state index contributed by atoms with van der Waals surface area (Å²) in [5.74, 6) is -0.825. The second kappa shape index (κ2) is 7.80. The van der Waals surface area contributed by atoms with Gasteiger partial charge in [-0.05, 0) is 56.6 Å². The Kier molecular flexibility index (Phi) is 6.03. The zero-order chi connectivity index (χ0) is 16.9. The highest BCUT2D eigenvalue weighted by Gasteiger charge is 2.46. The lowest BCUT2D eigenvalue weighted by Crippen LogP contribution is -2.40. The van der Waals surface area contributed by atoms with Crippen LogP contribution in [0.3, 0.4) is 0 Å². The Morgan fingerprint density at radius 1 is 1.17 bits per heavy atom. The van der Waals surface area contributed by atoms with Crippen LogP contribution in [0.15, 0.2) is 22.8 Å². The van der Waals surface area contributed by atoms with Gasteiger partial charge in [-0.15, -0.1) is 0 Å². The Balaban J connectivity index is 2.51. The quantitative estimate of drug-likeness (QED) is 0.542. The maximum Gasteiger partial charge on any atom is 0.339 e. The molecule has 0 N–H and O–H groups in total. The van der Waals surface area contributed by atoms with Crippen molar-refractivity contribution < 1.29 is 19.1 Å². The average Bonchev–Trinajstić information content (AvgIpc) is 2.96. The zero-order valence-electron chi connectivity index (χ0n) is 14.6. The Morgan fingerprint density at radius 2 is 1.83 bits per heavy atom. The summed E-state index contributed by atoms with van der Waals surface area (Å²) in [4.78, 5) is 24.5. The van der Waals surface area contributed by atoms with Crippen LogP contribution in [0.2, 0.25) is 0 Å². The lowest BCUT2D eigenvalue weighted by molar-refractivity contribution is -0.152. The van der Waals surface area contributed by atoms with Crippen LogP contribution < -0.4 is 0 Å². The van der Waals surface area contributed by atoms with Crippen molar-refractivity contribution in [3.8, 4) is 0 Å². The van der Waals surface area contributed by atoms with Crippen LogP contribution in [0.5, 0.6) is 0 Å². The molecule has 1 aliphatic heterocycles. The minimum Gasteiger partial charge on any atom is -0.463 e. The number of carbonyl (C=O) groups excluding carboxylic acids is 2. The van der Waals surface area contributed by atoms with Gasteiger partial charge in [0.05, 0.1) is 12.2 Å². The molecule has 128 valence electrons. The van der Waals surface area contributed by atoms with Crippen molar-refractivity contribution in [3.05, 3.63) is 22.8 Å². The van der Waals surface area contributed by atoms with E-state index in [-0.39, 0.29) is 5.97 Å². The molecule has 0 bridgehead atoms. The fourth-order valence-corrected chi connectivity index (χ4v) is 3.82. The maximum absolute atomic E-state index is 12.6. The van der Waals surface area contributed by atoms with Crippen molar-refractivity contribution in [1.29, 1.82) is 0 Å². The van der Waals surface area contributed by atoms with Crippen molar-refractivity contribution in [3.63, 3.8) is 0 Å². The van der Waals surface area contributed by atoms with Gasteiger partial charge in [0.1, 0.15) is 5.60 Å². The standard InChI is InChI=1S/C19H28O4/c1-4-9-14-15(13-17(20)22-6-3)18(21)23-19(11-7-8-12-19)16(14)10-5-2/h13H,4-12H2,1-3H3/b15-13-. The van der Waals surface area contributed by atoms with E-state index in [0.717, 1.165) is 56.9 Å². The molecule has 0 aromatic heterocycles. The smallest absolute Gasteiger partial charge is 0.339 e. The molecule has 0 radical (unpaired) electrons. The summed E-state index contributed by atoms with van der Waals surface area (Å²) in [5.41, 5.74) is 2.27. The second-order valence-electron chi connectivity index (χ2n) is 6.36. The van der Waals surface area contributed by atoms with Crippen LogP contribution >= 0.6 is 0 Å². The largest absolute Gasteiger partial charge is 0.463 e. The minimum absolute atomic E-state index is 0.302.